The van der Waals surface area contributed by atoms with Gasteiger partial charge in [-0.15, -0.1) is 0 Å². The second-order valence-electron chi connectivity index (χ2n) is 4.79. The lowest BCUT2D eigenvalue weighted by Crippen LogP contribution is -2.37. The zero-order chi connectivity index (χ0) is 17.4. The quantitative estimate of drug-likeness (QED) is 0.686. The lowest BCUT2D eigenvalue weighted by atomic mass is 10.1. The van der Waals surface area contributed by atoms with Gasteiger partial charge in [-0.2, -0.15) is 13.2 Å². The molecule has 0 aliphatic heterocycles. The summed E-state index contributed by atoms with van der Waals surface area (Å²) < 4.78 is 38.1. The number of hydrogen-bond acceptors (Lipinski definition) is 4. The average Bonchev–Trinajstić information content (AvgIpc) is 2.41. The first-order valence-corrected chi connectivity index (χ1v) is 6.25. The molecule has 10 heteroatoms. The number of hydrogen-bond donors (Lipinski definition) is 1. The monoisotopic (exact) mass is 329 g/mol. The predicted octanol–water partition coefficient (Wildman–Crippen LogP) is 1.82. The Bertz CT molecular complexity index is 852. The fraction of sp³-hybridized carbons (Fsp3) is 0.231. The molecule has 0 atom stereocenters. The predicted molar refractivity (Wildman–Crippen MR) is 73.3 cm³/mol. The van der Waals surface area contributed by atoms with Crippen molar-refractivity contribution < 1.29 is 18.1 Å². The van der Waals surface area contributed by atoms with E-state index in [9.17, 15) is 32.9 Å². The van der Waals surface area contributed by atoms with Gasteiger partial charge in [-0.25, -0.2) is 4.79 Å². The molecule has 0 saturated heterocycles. The van der Waals surface area contributed by atoms with E-state index in [0.29, 0.717) is 21.8 Å². The summed E-state index contributed by atoms with van der Waals surface area (Å²) in [4.78, 5) is 35.1. The Kier molecular flexibility index (Phi) is 4.08. The summed E-state index contributed by atoms with van der Waals surface area (Å²) in [5.41, 5.74) is -3.20. The van der Waals surface area contributed by atoms with Crippen LogP contribution < -0.4 is 11.2 Å². The summed E-state index contributed by atoms with van der Waals surface area (Å²) in [5, 5.41) is 10.7. The van der Waals surface area contributed by atoms with Crippen molar-refractivity contribution in [2.24, 2.45) is 0 Å². The van der Waals surface area contributed by atoms with Crippen molar-refractivity contribution in [2.75, 3.05) is 0 Å². The zero-order valence-electron chi connectivity index (χ0n) is 11.7. The number of aromatic amines is 1. The Morgan fingerprint density at radius 3 is 2.39 bits per heavy atom. The summed E-state index contributed by atoms with van der Waals surface area (Å²) in [6.07, 6.45) is -4.83. The van der Waals surface area contributed by atoms with Gasteiger partial charge in [-0.1, -0.05) is 6.07 Å². The Hall–Kier alpha value is -2.91. The van der Waals surface area contributed by atoms with Crippen LogP contribution in [0.4, 0.5) is 18.9 Å². The number of alkyl halides is 3. The summed E-state index contributed by atoms with van der Waals surface area (Å²) in [6.45, 7) is 1.17. The van der Waals surface area contributed by atoms with E-state index in [4.69, 9.17) is 0 Å². The maximum absolute atomic E-state index is 12.5. The van der Waals surface area contributed by atoms with Crippen molar-refractivity contribution in [3.05, 3.63) is 72.0 Å². The molecular weight excluding hydrogens is 319 g/mol. The maximum atomic E-state index is 12.5. The minimum atomic E-state index is -4.83. The van der Waals surface area contributed by atoms with Crippen LogP contribution in [0.15, 0.2) is 33.9 Å². The molecule has 122 valence electrons. The molecule has 7 nitrogen and oxygen atoms in total. The number of benzene rings is 1. The standard InChI is InChI=1S/C13H10F3N3O4/c1-7-4-8(2-3-9(7)19(22)23)6-18-11(20)5-10(13(14,15)16)17-12(18)21/h2-5H,6H2,1H3,(H,17,21). The molecule has 1 aromatic carbocycles. The highest BCUT2D eigenvalue weighted by atomic mass is 19.4. The number of nitro benzene ring substituents is 1. The first-order valence-electron chi connectivity index (χ1n) is 6.25. The Labute approximate surface area is 126 Å². The number of halogens is 3. The third kappa shape index (κ3) is 3.47. The molecule has 0 radical (unpaired) electrons. The van der Waals surface area contributed by atoms with Crippen LogP contribution >= 0.6 is 0 Å². The molecule has 0 spiro atoms. The normalized spacial score (nSPS) is 11.5. The number of aromatic nitrogens is 2. The molecular formula is C13H10F3N3O4. The highest BCUT2D eigenvalue weighted by molar-refractivity contribution is 5.41. The number of nitrogens with one attached hydrogen (secondary N) is 1. The highest BCUT2D eigenvalue weighted by Crippen LogP contribution is 2.25. The van der Waals surface area contributed by atoms with Crippen LogP contribution in [0, 0.1) is 17.0 Å². The average molecular weight is 329 g/mol. The number of rotatable bonds is 3. The van der Waals surface area contributed by atoms with E-state index in [1.54, 1.807) is 4.98 Å². The summed E-state index contributed by atoms with van der Waals surface area (Å²) in [7, 11) is 0. The van der Waals surface area contributed by atoms with Crippen LogP contribution in [0.2, 0.25) is 0 Å². The van der Waals surface area contributed by atoms with Gasteiger partial charge in [0.1, 0.15) is 5.69 Å². The minimum Gasteiger partial charge on any atom is -0.303 e. The molecule has 0 fully saturated rings. The number of nitrogens with zero attached hydrogens (tertiary/aromatic N) is 2. The van der Waals surface area contributed by atoms with Crippen molar-refractivity contribution in [3.8, 4) is 0 Å². The van der Waals surface area contributed by atoms with Crippen LogP contribution in [0.5, 0.6) is 0 Å². The molecule has 0 aliphatic rings. The van der Waals surface area contributed by atoms with Crippen LogP contribution in [-0.2, 0) is 12.7 Å². The van der Waals surface area contributed by atoms with Crippen LogP contribution in [0.25, 0.3) is 0 Å². The lowest BCUT2D eigenvalue weighted by Gasteiger charge is -2.09. The number of H-pyrrole nitrogens is 1. The first kappa shape index (κ1) is 16.5. The molecule has 1 heterocycles. The minimum absolute atomic E-state index is 0.137. The van der Waals surface area contributed by atoms with E-state index in [0.717, 1.165) is 0 Å². The van der Waals surface area contributed by atoms with Gasteiger partial charge in [0.25, 0.3) is 11.2 Å². The van der Waals surface area contributed by atoms with Crippen LogP contribution in [0.1, 0.15) is 16.8 Å². The van der Waals surface area contributed by atoms with Gasteiger partial charge in [0.05, 0.1) is 11.5 Å². The van der Waals surface area contributed by atoms with Crippen molar-refractivity contribution in [3.63, 3.8) is 0 Å². The lowest BCUT2D eigenvalue weighted by molar-refractivity contribution is -0.385. The van der Waals surface area contributed by atoms with E-state index in [1.807, 2.05) is 0 Å². The van der Waals surface area contributed by atoms with Crippen molar-refractivity contribution in [1.29, 1.82) is 0 Å². The van der Waals surface area contributed by atoms with Gasteiger partial charge in [-0.3, -0.25) is 19.5 Å². The molecule has 2 aromatic rings. The zero-order valence-corrected chi connectivity index (χ0v) is 11.7. The first-order chi connectivity index (χ1) is 10.6. The molecule has 0 unspecified atom stereocenters. The Morgan fingerprint density at radius 1 is 1.26 bits per heavy atom. The third-order valence-electron chi connectivity index (χ3n) is 3.12. The van der Waals surface area contributed by atoms with Gasteiger partial charge >= 0.3 is 11.9 Å². The van der Waals surface area contributed by atoms with Crippen molar-refractivity contribution >= 4 is 5.69 Å². The second-order valence-corrected chi connectivity index (χ2v) is 4.79. The Morgan fingerprint density at radius 2 is 1.91 bits per heavy atom. The van der Waals surface area contributed by atoms with E-state index in [2.05, 4.69) is 0 Å². The van der Waals surface area contributed by atoms with Crippen molar-refractivity contribution in [1.82, 2.24) is 9.55 Å². The van der Waals surface area contributed by atoms with E-state index >= 15 is 0 Å². The van der Waals surface area contributed by atoms with E-state index < -0.39 is 28.0 Å². The largest absolute Gasteiger partial charge is 0.431 e. The Balaban J connectivity index is 2.42. The SMILES string of the molecule is Cc1cc(Cn2c(=O)cc(C(F)(F)F)[nH]c2=O)ccc1[N+](=O)[O-]. The second kappa shape index (κ2) is 5.71. The van der Waals surface area contributed by atoms with Crippen LogP contribution in [0.3, 0.4) is 0 Å². The van der Waals surface area contributed by atoms with Crippen LogP contribution in [-0.4, -0.2) is 14.5 Å². The molecule has 23 heavy (non-hydrogen) atoms. The molecule has 1 N–H and O–H groups in total. The van der Waals surface area contributed by atoms with Gasteiger partial charge in [-0.05, 0) is 18.6 Å². The molecule has 0 bridgehead atoms. The third-order valence-corrected chi connectivity index (χ3v) is 3.12. The fourth-order valence-electron chi connectivity index (χ4n) is 2.03. The summed E-state index contributed by atoms with van der Waals surface area (Å²) in [5.74, 6) is 0. The van der Waals surface area contributed by atoms with Gasteiger partial charge in [0.15, 0.2) is 0 Å². The van der Waals surface area contributed by atoms with E-state index in [-0.39, 0.29) is 12.2 Å². The van der Waals surface area contributed by atoms with Gasteiger partial charge < -0.3 is 4.98 Å². The smallest absolute Gasteiger partial charge is 0.303 e. The molecule has 1 aromatic heterocycles. The highest BCUT2D eigenvalue weighted by Gasteiger charge is 2.32. The fourth-order valence-corrected chi connectivity index (χ4v) is 2.03. The molecule has 0 aliphatic carbocycles. The van der Waals surface area contributed by atoms with Gasteiger partial charge in [0.2, 0.25) is 0 Å². The molecule has 0 amide bonds. The number of nitro groups is 1. The van der Waals surface area contributed by atoms with Crippen molar-refractivity contribution in [2.45, 2.75) is 19.6 Å². The maximum Gasteiger partial charge on any atom is 0.431 e. The number of aryl methyl sites for hydroxylation is 1. The topological polar surface area (TPSA) is 98.0 Å². The van der Waals surface area contributed by atoms with E-state index in [1.165, 1.54) is 25.1 Å². The molecule has 2 rings (SSSR count). The van der Waals surface area contributed by atoms with Gasteiger partial charge in [0, 0.05) is 17.7 Å². The summed E-state index contributed by atoms with van der Waals surface area (Å²) in [6, 6.07) is 4.21. The molecule has 0 saturated carbocycles. The summed E-state index contributed by atoms with van der Waals surface area (Å²) >= 11 is 0.